The summed E-state index contributed by atoms with van der Waals surface area (Å²) in [6.45, 7) is 1.88. The van der Waals surface area contributed by atoms with E-state index in [4.69, 9.17) is 0 Å². The molecule has 2 aromatic rings. The van der Waals surface area contributed by atoms with Gasteiger partial charge >= 0.3 is 0 Å². The summed E-state index contributed by atoms with van der Waals surface area (Å²) in [5.74, 6) is 1.19. The number of nitrogens with one attached hydrogen (secondary N) is 1. The number of nitro groups is 1. The monoisotopic (exact) mass is 370 g/mol. The van der Waals surface area contributed by atoms with Crippen molar-refractivity contribution in [2.24, 2.45) is 0 Å². The molecule has 98 valence electrons. The molecule has 1 aromatic heterocycles. The summed E-state index contributed by atoms with van der Waals surface area (Å²) in [7, 11) is 1.78. The van der Waals surface area contributed by atoms with Crippen LogP contribution in [-0.2, 0) is 0 Å². The van der Waals surface area contributed by atoms with Gasteiger partial charge in [0, 0.05) is 24.7 Å². The lowest BCUT2D eigenvalue weighted by Crippen LogP contribution is -2.02. The summed E-state index contributed by atoms with van der Waals surface area (Å²) in [6.07, 6.45) is 0. The second-order valence-corrected chi connectivity index (χ2v) is 4.93. The normalized spacial score (nSPS) is 10.3. The number of aromatic nitrogens is 2. The van der Waals surface area contributed by atoms with Gasteiger partial charge in [0.25, 0.3) is 5.69 Å². The number of hydrogen-bond donors (Lipinski definition) is 1. The molecule has 6 nitrogen and oxygen atoms in total. The summed E-state index contributed by atoms with van der Waals surface area (Å²) < 4.78 is 0.939. The minimum Gasteiger partial charge on any atom is -0.372 e. The van der Waals surface area contributed by atoms with Gasteiger partial charge in [-0.15, -0.1) is 0 Å². The summed E-state index contributed by atoms with van der Waals surface area (Å²) in [4.78, 5) is 19.1. The van der Waals surface area contributed by atoms with Crippen molar-refractivity contribution in [2.75, 3.05) is 12.4 Å². The maximum atomic E-state index is 10.8. The molecule has 2 rings (SSSR count). The Bertz CT molecular complexity index is 646. The van der Waals surface area contributed by atoms with Gasteiger partial charge < -0.3 is 5.32 Å². The first-order valence-corrected chi connectivity index (χ1v) is 6.57. The maximum absolute atomic E-state index is 10.8. The molecule has 0 spiro atoms. The van der Waals surface area contributed by atoms with Crippen LogP contribution in [0.4, 0.5) is 11.5 Å². The number of non-ortho nitro benzene ring substituents is 1. The van der Waals surface area contributed by atoms with Gasteiger partial charge in [-0.05, 0) is 29.5 Å². The second-order valence-electron chi connectivity index (χ2n) is 3.85. The highest BCUT2D eigenvalue weighted by Gasteiger charge is 2.12. The van der Waals surface area contributed by atoms with Crippen molar-refractivity contribution in [3.63, 3.8) is 0 Å². The summed E-state index contributed by atoms with van der Waals surface area (Å²) in [6, 6.07) is 6.31. The van der Waals surface area contributed by atoms with Gasteiger partial charge in [0.1, 0.15) is 5.82 Å². The zero-order valence-electron chi connectivity index (χ0n) is 10.3. The van der Waals surface area contributed by atoms with Crippen molar-refractivity contribution in [3.8, 4) is 11.4 Å². The largest absolute Gasteiger partial charge is 0.372 e. The molecular formula is C12H11IN4O2. The lowest BCUT2D eigenvalue weighted by Gasteiger charge is -2.08. The number of aryl methyl sites for hydroxylation is 1. The van der Waals surface area contributed by atoms with Gasteiger partial charge in [0.15, 0.2) is 5.82 Å². The molecule has 0 fully saturated rings. The number of nitrogens with zero attached hydrogens (tertiary/aromatic N) is 3. The highest BCUT2D eigenvalue weighted by Crippen LogP contribution is 2.25. The van der Waals surface area contributed by atoms with Crippen LogP contribution >= 0.6 is 22.6 Å². The fourth-order valence-electron chi connectivity index (χ4n) is 1.61. The van der Waals surface area contributed by atoms with Gasteiger partial charge in [-0.2, -0.15) is 0 Å². The van der Waals surface area contributed by atoms with Crippen LogP contribution in [0, 0.1) is 20.6 Å². The molecule has 0 bridgehead atoms. The standard InChI is InChI=1S/C12H11IN4O2/c1-7-10(13)12(14-2)16-11(15-7)8-4-3-5-9(6-8)17(18)19/h3-6H,1-2H3,(H,14,15,16). The molecule has 1 N–H and O–H groups in total. The van der Waals surface area contributed by atoms with E-state index in [9.17, 15) is 10.1 Å². The predicted octanol–water partition coefficient (Wildman–Crippen LogP) is 3.01. The third-order valence-electron chi connectivity index (χ3n) is 2.57. The fourth-order valence-corrected chi connectivity index (χ4v) is 2.12. The highest BCUT2D eigenvalue weighted by molar-refractivity contribution is 14.1. The molecule has 0 amide bonds. The Morgan fingerprint density at radius 3 is 2.74 bits per heavy atom. The zero-order chi connectivity index (χ0) is 14.0. The van der Waals surface area contributed by atoms with E-state index < -0.39 is 4.92 Å². The van der Waals surface area contributed by atoms with Crippen molar-refractivity contribution >= 4 is 34.1 Å². The smallest absolute Gasteiger partial charge is 0.270 e. The highest BCUT2D eigenvalue weighted by atomic mass is 127. The molecule has 0 saturated heterocycles. The average Bonchev–Trinajstić information content (AvgIpc) is 2.41. The van der Waals surface area contributed by atoms with Crippen LogP contribution in [0.2, 0.25) is 0 Å². The third kappa shape index (κ3) is 2.80. The molecule has 1 heterocycles. The van der Waals surface area contributed by atoms with E-state index in [0.717, 1.165) is 15.1 Å². The molecule has 7 heteroatoms. The van der Waals surface area contributed by atoms with E-state index >= 15 is 0 Å². The summed E-state index contributed by atoms with van der Waals surface area (Å²) >= 11 is 2.16. The van der Waals surface area contributed by atoms with Crippen LogP contribution in [0.5, 0.6) is 0 Å². The van der Waals surface area contributed by atoms with E-state index in [2.05, 4.69) is 37.9 Å². The topological polar surface area (TPSA) is 81.0 Å². The third-order valence-corrected chi connectivity index (χ3v) is 3.86. The number of anilines is 1. The first-order valence-electron chi connectivity index (χ1n) is 5.49. The molecule has 0 radical (unpaired) electrons. The summed E-state index contributed by atoms with van der Waals surface area (Å²) in [5.41, 5.74) is 1.50. The first-order chi connectivity index (χ1) is 9.02. The first kappa shape index (κ1) is 13.7. The molecule has 0 saturated carbocycles. The maximum Gasteiger partial charge on any atom is 0.270 e. The van der Waals surface area contributed by atoms with Gasteiger partial charge in [0.05, 0.1) is 14.2 Å². The van der Waals surface area contributed by atoms with Crippen LogP contribution < -0.4 is 5.32 Å². The molecule has 1 aromatic carbocycles. The van der Waals surface area contributed by atoms with Crippen LogP contribution in [0.25, 0.3) is 11.4 Å². The van der Waals surface area contributed by atoms with Crippen LogP contribution in [0.15, 0.2) is 24.3 Å². The van der Waals surface area contributed by atoms with Crippen molar-refractivity contribution in [1.29, 1.82) is 0 Å². The Morgan fingerprint density at radius 2 is 2.11 bits per heavy atom. The Balaban J connectivity index is 2.56. The van der Waals surface area contributed by atoms with E-state index in [0.29, 0.717) is 11.4 Å². The van der Waals surface area contributed by atoms with Gasteiger partial charge in [-0.25, -0.2) is 9.97 Å². The molecule has 0 aliphatic heterocycles. The quantitative estimate of drug-likeness (QED) is 0.510. The molecule has 19 heavy (non-hydrogen) atoms. The minimum atomic E-state index is -0.429. The molecule has 0 unspecified atom stereocenters. The lowest BCUT2D eigenvalue weighted by atomic mass is 10.2. The van der Waals surface area contributed by atoms with E-state index in [1.165, 1.54) is 12.1 Å². The molecule has 0 aliphatic carbocycles. The van der Waals surface area contributed by atoms with Crippen molar-refractivity contribution in [2.45, 2.75) is 6.92 Å². The number of hydrogen-bond acceptors (Lipinski definition) is 5. The number of nitro benzene ring substituents is 1. The average molecular weight is 370 g/mol. The number of halogens is 1. The molecule has 0 atom stereocenters. The Hall–Kier alpha value is -1.77. The van der Waals surface area contributed by atoms with Crippen LogP contribution in [0.1, 0.15) is 5.69 Å². The number of rotatable bonds is 3. The SMILES string of the molecule is CNc1nc(-c2cccc([N+](=O)[O-])c2)nc(C)c1I. The Morgan fingerprint density at radius 1 is 1.37 bits per heavy atom. The second kappa shape index (κ2) is 5.47. The lowest BCUT2D eigenvalue weighted by molar-refractivity contribution is -0.384. The van der Waals surface area contributed by atoms with Crippen molar-refractivity contribution in [3.05, 3.63) is 43.6 Å². The minimum absolute atomic E-state index is 0.0308. The zero-order valence-corrected chi connectivity index (χ0v) is 12.5. The summed E-state index contributed by atoms with van der Waals surface area (Å²) in [5, 5.41) is 13.8. The number of benzene rings is 1. The fraction of sp³-hybridized carbons (Fsp3) is 0.167. The Kier molecular flexibility index (Phi) is 3.93. The van der Waals surface area contributed by atoms with E-state index in [1.807, 2.05) is 6.92 Å². The molecular weight excluding hydrogens is 359 g/mol. The van der Waals surface area contributed by atoms with Crippen molar-refractivity contribution in [1.82, 2.24) is 9.97 Å². The van der Waals surface area contributed by atoms with E-state index in [-0.39, 0.29) is 5.69 Å². The van der Waals surface area contributed by atoms with Gasteiger partial charge in [0.2, 0.25) is 0 Å². The van der Waals surface area contributed by atoms with E-state index in [1.54, 1.807) is 19.2 Å². The van der Waals surface area contributed by atoms with Crippen LogP contribution in [0.3, 0.4) is 0 Å². The van der Waals surface area contributed by atoms with Gasteiger partial charge in [-0.3, -0.25) is 10.1 Å². The van der Waals surface area contributed by atoms with Crippen molar-refractivity contribution < 1.29 is 4.92 Å². The Labute approximate surface area is 123 Å². The van der Waals surface area contributed by atoms with Crippen LogP contribution in [-0.4, -0.2) is 21.9 Å². The van der Waals surface area contributed by atoms with Gasteiger partial charge in [-0.1, -0.05) is 12.1 Å². The molecule has 0 aliphatic rings. The predicted molar refractivity (Wildman–Crippen MR) is 81.1 cm³/mol.